The molecule has 0 aliphatic carbocycles. The molecule has 16 nitrogen and oxygen atoms in total. The number of nitrogens with one attached hydrogen (secondary N) is 5. The fourth-order valence-corrected chi connectivity index (χ4v) is 3.59. The Kier molecular flexibility index (Phi) is 14.3. The van der Waals surface area contributed by atoms with E-state index in [-0.39, 0.29) is 12.8 Å². The quantitative estimate of drug-likeness (QED) is 0.0841. The molecule has 5 atom stereocenters. The highest BCUT2D eigenvalue weighted by Crippen LogP contribution is 2.07. The number of hydrogen-bond acceptors (Lipinski definition) is 9. The number of rotatable bonds is 18. The zero-order chi connectivity index (χ0) is 30.4. The van der Waals surface area contributed by atoms with Gasteiger partial charge in [-0.15, -0.1) is 0 Å². The number of hydrogen-bond donors (Lipinski definition) is 9. The average Bonchev–Trinajstić information content (AvgIpc) is 3.38. The summed E-state index contributed by atoms with van der Waals surface area (Å²) in [5, 5.41) is 28.1. The van der Waals surface area contributed by atoms with Gasteiger partial charge in [0.2, 0.25) is 23.6 Å². The third-order valence-corrected chi connectivity index (χ3v) is 5.90. The predicted molar refractivity (Wildman–Crippen MR) is 141 cm³/mol. The van der Waals surface area contributed by atoms with E-state index in [0.717, 1.165) is 0 Å². The minimum absolute atomic E-state index is 0.0660. The zero-order valence-corrected chi connectivity index (χ0v) is 22.8. The molecule has 5 unspecified atom stereocenters. The minimum atomic E-state index is -1.41. The lowest BCUT2D eigenvalue weighted by Crippen LogP contribution is -2.59. The van der Waals surface area contributed by atoms with E-state index in [1.54, 1.807) is 13.8 Å². The van der Waals surface area contributed by atoms with Crippen LogP contribution in [0.1, 0.15) is 52.1 Å². The van der Waals surface area contributed by atoms with Gasteiger partial charge in [0.05, 0.1) is 18.8 Å². The topological polar surface area (TPSA) is 272 Å². The molecule has 1 heterocycles. The van der Waals surface area contributed by atoms with Crippen molar-refractivity contribution in [1.29, 1.82) is 0 Å². The molecule has 0 bridgehead atoms. The fourth-order valence-electron chi connectivity index (χ4n) is 3.59. The molecule has 0 saturated heterocycles. The van der Waals surface area contributed by atoms with E-state index in [4.69, 9.17) is 16.6 Å². The molecule has 0 aliphatic rings. The van der Waals surface area contributed by atoms with E-state index in [2.05, 4.69) is 31.2 Å². The van der Waals surface area contributed by atoms with Crippen LogP contribution in [0.5, 0.6) is 0 Å². The average molecular weight is 569 g/mol. The van der Waals surface area contributed by atoms with Crippen molar-refractivity contribution in [3.05, 3.63) is 18.2 Å². The number of carbonyl (C=O) groups excluding carboxylic acids is 4. The summed E-state index contributed by atoms with van der Waals surface area (Å²) >= 11 is 0. The summed E-state index contributed by atoms with van der Waals surface area (Å²) in [6, 6.07) is -6.08. The van der Waals surface area contributed by atoms with E-state index in [1.165, 1.54) is 19.4 Å². The standard InChI is InChI=1S/C24H40N8O8/c1-12(2)19(23(38)30-16(24(39)40)6-4-5-7-25)32-20(35)13(3)29-22(37)17(8-14-10-27-11-28-14)31-21(36)15(26)9-18(33)34/h10-13,15-17,19H,4-9,25-26H2,1-3H3,(H,27,28)(H,29,37)(H,30,38)(H,31,36)(H,32,35)(H,33,34)(H,39,40). The van der Waals surface area contributed by atoms with Crippen LogP contribution in [0.15, 0.2) is 12.5 Å². The van der Waals surface area contributed by atoms with Gasteiger partial charge >= 0.3 is 11.9 Å². The van der Waals surface area contributed by atoms with Crippen LogP contribution in [0.3, 0.4) is 0 Å². The van der Waals surface area contributed by atoms with Crippen molar-refractivity contribution >= 4 is 35.6 Å². The summed E-state index contributed by atoms with van der Waals surface area (Å²) < 4.78 is 0. The molecule has 0 radical (unpaired) electrons. The lowest BCUT2D eigenvalue weighted by Gasteiger charge is -2.26. The molecule has 0 aliphatic heterocycles. The molecule has 1 aromatic rings. The lowest BCUT2D eigenvalue weighted by atomic mass is 10.0. The van der Waals surface area contributed by atoms with Crippen LogP contribution in [0.25, 0.3) is 0 Å². The third kappa shape index (κ3) is 11.8. The number of nitrogens with zero attached hydrogens (tertiary/aromatic N) is 1. The van der Waals surface area contributed by atoms with Crippen molar-refractivity contribution in [3.63, 3.8) is 0 Å². The van der Waals surface area contributed by atoms with Gasteiger partial charge in [0.1, 0.15) is 24.2 Å². The first-order chi connectivity index (χ1) is 18.8. The summed E-state index contributed by atoms with van der Waals surface area (Å²) in [6.45, 7) is 5.07. The van der Waals surface area contributed by atoms with E-state index in [0.29, 0.717) is 25.1 Å². The Morgan fingerprint density at radius 3 is 2.08 bits per heavy atom. The minimum Gasteiger partial charge on any atom is -0.481 e. The van der Waals surface area contributed by atoms with Gasteiger partial charge in [-0.2, -0.15) is 0 Å². The summed E-state index contributed by atoms with van der Waals surface area (Å²) in [6.07, 6.45) is 3.32. The Hall–Kier alpha value is -4.05. The molecule has 4 amide bonds. The van der Waals surface area contributed by atoms with Gasteiger partial charge < -0.3 is 47.9 Å². The Labute approximate surface area is 231 Å². The molecule has 1 aromatic heterocycles. The molecule has 16 heteroatoms. The highest BCUT2D eigenvalue weighted by molar-refractivity contribution is 5.95. The highest BCUT2D eigenvalue weighted by atomic mass is 16.4. The molecule has 0 spiro atoms. The first-order valence-corrected chi connectivity index (χ1v) is 12.9. The number of carbonyl (C=O) groups is 6. The van der Waals surface area contributed by atoms with Crippen molar-refractivity contribution in [2.24, 2.45) is 17.4 Å². The second-order valence-corrected chi connectivity index (χ2v) is 9.69. The highest BCUT2D eigenvalue weighted by Gasteiger charge is 2.32. The summed E-state index contributed by atoms with van der Waals surface area (Å²) in [4.78, 5) is 80.2. The second-order valence-electron chi connectivity index (χ2n) is 9.69. The number of H-pyrrole nitrogens is 1. The van der Waals surface area contributed by atoms with Crippen LogP contribution < -0.4 is 32.7 Å². The molecular weight excluding hydrogens is 528 g/mol. The molecule has 0 saturated carbocycles. The van der Waals surface area contributed by atoms with Gasteiger partial charge in [0.15, 0.2) is 0 Å². The normalized spacial score (nSPS) is 14.8. The van der Waals surface area contributed by atoms with Crippen molar-refractivity contribution in [2.75, 3.05) is 6.54 Å². The van der Waals surface area contributed by atoms with Crippen molar-refractivity contribution in [3.8, 4) is 0 Å². The van der Waals surface area contributed by atoms with Crippen LogP contribution in [0.2, 0.25) is 0 Å². The monoisotopic (exact) mass is 568 g/mol. The number of carboxylic acids is 2. The smallest absolute Gasteiger partial charge is 0.326 e. The van der Waals surface area contributed by atoms with Crippen LogP contribution >= 0.6 is 0 Å². The number of nitrogens with two attached hydrogens (primary N) is 2. The first kappa shape index (κ1) is 34.0. The maximum absolute atomic E-state index is 13.0. The summed E-state index contributed by atoms with van der Waals surface area (Å²) in [7, 11) is 0. The largest absolute Gasteiger partial charge is 0.481 e. The van der Waals surface area contributed by atoms with Gasteiger partial charge in [-0.05, 0) is 38.6 Å². The number of aromatic amines is 1. The third-order valence-electron chi connectivity index (χ3n) is 5.90. The van der Waals surface area contributed by atoms with Gasteiger partial charge in [-0.25, -0.2) is 9.78 Å². The Morgan fingerprint density at radius 2 is 1.55 bits per heavy atom. The number of aromatic nitrogens is 2. The first-order valence-electron chi connectivity index (χ1n) is 12.9. The lowest BCUT2D eigenvalue weighted by molar-refractivity contribution is -0.143. The fraction of sp³-hybridized carbons (Fsp3) is 0.625. The Bertz CT molecular complexity index is 1020. The number of imidazole rings is 1. The van der Waals surface area contributed by atoms with Crippen molar-refractivity contribution < 1.29 is 39.0 Å². The number of carboxylic acid groups (broad SMARTS) is 2. The maximum atomic E-state index is 13.0. The maximum Gasteiger partial charge on any atom is 0.326 e. The van der Waals surface area contributed by atoms with Crippen LogP contribution in [-0.2, 0) is 35.2 Å². The molecule has 1 rings (SSSR count). The molecule has 40 heavy (non-hydrogen) atoms. The Morgan fingerprint density at radius 1 is 0.900 bits per heavy atom. The van der Waals surface area contributed by atoms with E-state index >= 15 is 0 Å². The van der Waals surface area contributed by atoms with Crippen molar-refractivity contribution in [2.45, 2.75) is 83.1 Å². The van der Waals surface area contributed by atoms with Gasteiger partial charge in [-0.3, -0.25) is 24.0 Å². The predicted octanol–water partition coefficient (Wildman–Crippen LogP) is -2.42. The number of amides is 4. The molecule has 224 valence electrons. The molecule has 0 fully saturated rings. The Balaban J connectivity index is 2.90. The summed E-state index contributed by atoms with van der Waals surface area (Å²) in [5.74, 6) is -6.01. The van der Waals surface area contributed by atoms with Crippen LogP contribution in [0.4, 0.5) is 0 Å². The zero-order valence-electron chi connectivity index (χ0n) is 22.8. The SMILES string of the molecule is CC(NC(=O)C(Cc1cnc[nH]1)NC(=O)C(N)CC(=O)O)C(=O)NC(C(=O)NC(CCCCN)C(=O)O)C(C)C. The van der Waals surface area contributed by atoms with E-state index in [1.807, 2.05) is 0 Å². The summed E-state index contributed by atoms with van der Waals surface area (Å²) in [5.41, 5.74) is 11.5. The number of unbranched alkanes of at least 4 members (excludes halogenated alkanes) is 1. The van der Waals surface area contributed by atoms with Crippen molar-refractivity contribution in [1.82, 2.24) is 31.2 Å². The van der Waals surface area contributed by atoms with Gasteiger partial charge in [0, 0.05) is 18.3 Å². The molecular formula is C24H40N8O8. The van der Waals surface area contributed by atoms with Crippen LogP contribution in [0, 0.1) is 5.92 Å². The number of aliphatic carboxylic acids is 2. The second kappa shape index (κ2) is 16.8. The molecule has 0 aromatic carbocycles. The molecule has 11 N–H and O–H groups in total. The van der Waals surface area contributed by atoms with E-state index in [9.17, 15) is 33.9 Å². The van der Waals surface area contributed by atoms with Gasteiger partial charge in [0.25, 0.3) is 0 Å². The van der Waals surface area contributed by atoms with Crippen LogP contribution in [-0.4, -0.2) is 92.5 Å². The van der Waals surface area contributed by atoms with Gasteiger partial charge in [-0.1, -0.05) is 13.8 Å². The van der Waals surface area contributed by atoms with E-state index < -0.39 is 78.1 Å².